The molecule has 1 unspecified atom stereocenters. The Bertz CT molecular complexity index is 1610. The molecule has 0 heterocycles. The van der Waals surface area contributed by atoms with Crippen LogP contribution in [0.5, 0.6) is 11.5 Å². The van der Waals surface area contributed by atoms with Gasteiger partial charge in [-0.25, -0.2) is 4.79 Å². The number of nitrogens with one attached hydrogen (secondary N) is 1. The molecule has 0 saturated heterocycles. The number of benzene rings is 4. The van der Waals surface area contributed by atoms with Crippen molar-refractivity contribution in [3.63, 3.8) is 0 Å². The fraction of sp³-hybridized carbons (Fsp3) is 0.359. The van der Waals surface area contributed by atoms with Crippen molar-refractivity contribution in [2.45, 2.75) is 65.4 Å². The molecule has 0 aromatic heterocycles. The molecule has 8 heteroatoms. The summed E-state index contributed by atoms with van der Waals surface area (Å²) >= 11 is 12.6. The molecule has 0 aliphatic carbocycles. The highest BCUT2D eigenvalue weighted by molar-refractivity contribution is 6.37. The van der Waals surface area contributed by atoms with E-state index in [0.29, 0.717) is 42.0 Å². The van der Waals surface area contributed by atoms with Crippen molar-refractivity contribution >= 4 is 29.3 Å². The second kappa shape index (κ2) is 16.9. The molecule has 0 spiro atoms. The summed E-state index contributed by atoms with van der Waals surface area (Å²) in [4.78, 5) is 12.6. The highest BCUT2D eigenvalue weighted by atomic mass is 35.5. The number of aryl methyl sites for hydroxylation is 3. The van der Waals surface area contributed by atoms with Crippen LogP contribution in [-0.2, 0) is 17.6 Å². The Kier molecular flexibility index (Phi) is 13.0. The number of carbonyl (C=O) groups is 1. The van der Waals surface area contributed by atoms with Gasteiger partial charge in [0.05, 0.1) is 10.0 Å². The van der Waals surface area contributed by atoms with E-state index in [1.165, 1.54) is 11.1 Å². The number of amides is 1. The normalized spacial score (nSPS) is 12.0. The predicted octanol–water partition coefficient (Wildman–Crippen LogP) is 9.51. The molecular formula is C39H45Cl2NO5. The minimum Gasteiger partial charge on any atom is -0.490 e. The highest BCUT2D eigenvalue weighted by Crippen LogP contribution is 2.34. The Labute approximate surface area is 289 Å². The van der Waals surface area contributed by atoms with Gasteiger partial charge >= 0.3 is 6.09 Å². The summed E-state index contributed by atoms with van der Waals surface area (Å²) < 4.78 is 17.2. The van der Waals surface area contributed by atoms with Crippen LogP contribution in [0.1, 0.15) is 60.9 Å². The van der Waals surface area contributed by atoms with Crippen molar-refractivity contribution in [3.05, 3.63) is 117 Å². The average molecular weight is 679 g/mol. The summed E-state index contributed by atoms with van der Waals surface area (Å²) in [5.74, 6) is 1.19. The number of carbonyl (C=O) groups excluding carboxylic acids is 1. The van der Waals surface area contributed by atoms with Gasteiger partial charge in [0, 0.05) is 19.1 Å². The quantitative estimate of drug-likeness (QED) is 0.130. The van der Waals surface area contributed by atoms with Crippen LogP contribution in [0, 0.1) is 13.8 Å². The van der Waals surface area contributed by atoms with Crippen LogP contribution in [-0.4, -0.2) is 43.2 Å². The van der Waals surface area contributed by atoms with E-state index in [1.807, 2.05) is 76.2 Å². The summed E-state index contributed by atoms with van der Waals surface area (Å²) in [6.45, 7) is 10.8. The standard InChI is InChI=1S/C39H45Cl2NO5/c1-26-21-35(40)37(36(41)22-26)46-20-19-45-32-15-12-28(13-16-32)24-31(25-42-38(44)47-39(3,4)5)33-17-14-30(23-27(33)2)34-11-7-6-9-29(34)10-8-18-43/h6-7,9,11-17,21-23,31,43H,8,10,18-20,24-25H2,1-5H3,(H,42,44). The number of halogens is 2. The molecule has 0 fully saturated rings. The maximum atomic E-state index is 12.6. The molecule has 4 aromatic rings. The monoisotopic (exact) mass is 677 g/mol. The van der Waals surface area contributed by atoms with E-state index < -0.39 is 11.7 Å². The van der Waals surface area contributed by atoms with E-state index in [9.17, 15) is 9.90 Å². The number of alkyl carbamates (subject to hydrolysis) is 1. The van der Waals surface area contributed by atoms with E-state index in [-0.39, 0.29) is 12.5 Å². The zero-order chi connectivity index (χ0) is 34.0. The first-order valence-corrected chi connectivity index (χ1v) is 16.8. The van der Waals surface area contributed by atoms with E-state index in [0.717, 1.165) is 46.4 Å². The van der Waals surface area contributed by atoms with Crippen LogP contribution >= 0.6 is 23.2 Å². The number of aliphatic hydroxyl groups is 1. The molecule has 2 N–H and O–H groups in total. The van der Waals surface area contributed by atoms with Gasteiger partial charge < -0.3 is 24.6 Å². The Hall–Kier alpha value is -3.71. The number of rotatable bonds is 14. The summed E-state index contributed by atoms with van der Waals surface area (Å²) in [6.07, 6.45) is 1.81. The first-order valence-electron chi connectivity index (χ1n) is 16.0. The SMILES string of the molecule is Cc1cc(Cl)c(OCCOc2ccc(CC(CNC(=O)OC(C)(C)C)c3ccc(-c4ccccc4CCCO)cc3C)cc2)c(Cl)c1. The molecule has 6 nitrogen and oxygen atoms in total. The summed E-state index contributed by atoms with van der Waals surface area (Å²) in [7, 11) is 0. The second-order valence-corrected chi connectivity index (χ2v) is 13.6. The smallest absolute Gasteiger partial charge is 0.407 e. The maximum Gasteiger partial charge on any atom is 0.407 e. The predicted molar refractivity (Wildman–Crippen MR) is 191 cm³/mol. The molecule has 0 saturated carbocycles. The van der Waals surface area contributed by atoms with Crippen molar-refractivity contribution < 1.29 is 24.1 Å². The van der Waals surface area contributed by atoms with Crippen molar-refractivity contribution in [3.8, 4) is 22.6 Å². The van der Waals surface area contributed by atoms with Crippen molar-refractivity contribution in [1.29, 1.82) is 0 Å². The van der Waals surface area contributed by atoms with E-state index in [2.05, 4.69) is 42.6 Å². The average Bonchev–Trinajstić information content (AvgIpc) is 3.01. The van der Waals surface area contributed by atoms with Crippen molar-refractivity contribution in [1.82, 2.24) is 5.32 Å². The van der Waals surface area contributed by atoms with Crippen LogP contribution in [0.25, 0.3) is 11.1 Å². The topological polar surface area (TPSA) is 77.0 Å². The van der Waals surface area contributed by atoms with E-state index in [4.69, 9.17) is 37.4 Å². The number of aliphatic hydroxyl groups excluding tert-OH is 1. The molecule has 1 atom stereocenters. The van der Waals surface area contributed by atoms with Gasteiger partial charge in [0.1, 0.15) is 24.6 Å². The summed E-state index contributed by atoms with van der Waals surface area (Å²) in [5.41, 5.74) is 7.32. The summed E-state index contributed by atoms with van der Waals surface area (Å²) in [6, 6.07) is 26.5. The Morgan fingerprint density at radius 2 is 1.57 bits per heavy atom. The molecule has 0 aliphatic rings. The minimum atomic E-state index is -0.583. The number of hydrogen-bond acceptors (Lipinski definition) is 5. The van der Waals surface area contributed by atoms with Crippen molar-refractivity contribution in [2.75, 3.05) is 26.4 Å². The Morgan fingerprint density at radius 3 is 2.23 bits per heavy atom. The lowest BCUT2D eigenvalue weighted by molar-refractivity contribution is 0.0524. The molecule has 1 amide bonds. The Balaban J connectivity index is 1.46. The molecule has 4 aromatic carbocycles. The lowest BCUT2D eigenvalue weighted by Crippen LogP contribution is -2.35. The fourth-order valence-electron chi connectivity index (χ4n) is 5.54. The Morgan fingerprint density at radius 1 is 0.894 bits per heavy atom. The van der Waals surface area contributed by atoms with Crippen LogP contribution < -0.4 is 14.8 Å². The number of ether oxygens (including phenoxy) is 3. The largest absolute Gasteiger partial charge is 0.490 e. The van der Waals surface area contributed by atoms with Gasteiger partial charge in [-0.3, -0.25) is 0 Å². The molecule has 0 radical (unpaired) electrons. The second-order valence-electron chi connectivity index (χ2n) is 12.7. The zero-order valence-corrected chi connectivity index (χ0v) is 29.4. The van der Waals surface area contributed by atoms with Crippen LogP contribution in [0.3, 0.4) is 0 Å². The third-order valence-electron chi connectivity index (χ3n) is 7.68. The van der Waals surface area contributed by atoms with Crippen molar-refractivity contribution in [2.24, 2.45) is 0 Å². The fourth-order valence-corrected chi connectivity index (χ4v) is 6.24. The lowest BCUT2D eigenvalue weighted by atomic mass is 9.86. The first kappa shape index (κ1) is 36.1. The third kappa shape index (κ3) is 10.9. The highest BCUT2D eigenvalue weighted by Gasteiger charge is 2.21. The van der Waals surface area contributed by atoms with Crippen LogP contribution in [0.15, 0.2) is 78.9 Å². The van der Waals surface area contributed by atoms with Crippen LogP contribution in [0.4, 0.5) is 4.79 Å². The van der Waals surface area contributed by atoms with E-state index >= 15 is 0 Å². The van der Waals surface area contributed by atoms with Crippen LogP contribution in [0.2, 0.25) is 10.0 Å². The van der Waals surface area contributed by atoms with Gasteiger partial charge in [-0.2, -0.15) is 0 Å². The first-order chi connectivity index (χ1) is 22.4. The lowest BCUT2D eigenvalue weighted by Gasteiger charge is -2.24. The zero-order valence-electron chi connectivity index (χ0n) is 27.9. The maximum absolute atomic E-state index is 12.6. The van der Waals surface area contributed by atoms with Gasteiger partial charge in [0.2, 0.25) is 0 Å². The molecule has 250 valence electrons. The molecular weight excluding hydrogens is 633 g/mol. The molecule has 47 heavy (non-hydrogen) atoms. The molecule has 0 bridgehead atoms. The van der Waals surface area contributed by atoms with Gasteiger partial charge in [-0.05, 0) is 117 Å². The van der Waals surface area contributed by atoms with Gasteiger partial charge in [0.15, 0.2) is 5.75 Å². The molecule has 4 rings (SSSR count). The van der Waals surface area contributed by atoms with Gasteiger partial charge in [-0.15, -0.1) is 0 Å². The van der Waals surface area contributed by atoms with Gasteiger partial charge in [-0.1, -0.05) is 77.8 Å². The minimum absolute atomic E-state index is 0.00498. The number of hydrogen-bond donors (Lipinski definition) is 2. The third-order valence-corrected chi connectivity index (χ3v) is 8.24. The summed E-state index contributed by atoms with van der Waals surface area (Å²) in [5, 5.41) is 13.3. The van der Waals surface area contributed by atoms with Gasteiger partial charge in [0.25, 0.3) is 0 Å². The van der Waals surface area contributed by atoms with E-state index in [1.54, 1.807) is 0 Å². The molecule has 0 aliphatic heterocycles.